The molecule has 1 aromatic carbocycles. The van der Waals surface area contributed by atoms with Crippen molar-refractivity contribution in [3.05, 3.63) is 35.9 Å². The summed E-state index contributed by atoms with van der Waals surface area (Å²) < 4.78 is 5.08. The van der Waals surface area contributed by atoms with Gasteiger partial charge in [-0.2, -0.15) is 0 Å². The Bertz CT molecular complexity index is 557. The van der Waals surface area contributed by atoms with E-state index in [-0.39, 0.29) is 12.5 Å². The van der Waals surface area contributed by atoms with Gasteiger partial charge in [-0.3, -0.25) is 4.79 Å². The molecule has 0 spiro atoms. The number of carboxylic acids is 1. The van der Waals surface area contributed by atoms with E-state index < -0.39 is 36.4 Å². The van der Waals surface area contributed by atoms with Gasteiger partial charge >= 0.3 is 12.1 Å². The van der Waals surface area contributed by atoms with Crippen LogP contribution in [0.25, 0.3) is 0 Å². The number of ketones is 1. The molecule has 2 unspecified atom stereocenters. The van der Waals surface area contributed by atoms with Gasteiger partial charge in [-0.05, 0) is 17.9 Å². The van der Waals surface area contributed by atoms with E-state index in [0.717, 1.165) is 5.56 Å². The van der Waals surface area contributed by atoms with Crippen molar-refractivity contribution in [3.63, 3.8) is 0 Å². The van der Waals surface area contributed by atoms with Crippen LogP contribution in [0.3, 0.4) is 0 Å². The fourth-order valence-corrected chi connectivity index (χ4v) is 2.16. The Kier molecular flexibility index (Phi) is 7.91. The number of ether oxygens (including phenoxy) is 1. The second-order valence-electron chi connectivity index (χ2n) is 5.94. The molecule has 24 heavy (non-hydrogen) atoms. The highest BCUT2D eigenvalue weighted by Crippen LogP contribution is 2.12. The molecule has 0 aliphatic heterocycles. The van der Waals surface area contributed by atoms with Crippen LogP contribution >= 0.6 is 0 Å². The van der Waals surface area contributed by atoms with Crippen LogP contribution in [0.15, 0.2) is 30.3 Å². The zero-order valence-electron chi connectivity index (χ0n) is 13.8. The van der Waals surface area contributed by atoms with Gasteiger partial charge in [0.15, 0.2) is 0 Å². The van der Waals surface area contributed by atoms with Crippen molar-refractivity contribution < 1.29 is 29.3 Å². The fourth-order valence-electron chi connectivity index (χ4n) is 2.16. The number of hydrogen-bond acceptors (Lipinski definition) is 5. The monoisotopic (exact) mass is 337 g/mol. The summed E-state index contributed by atoms with van der Waals surface area (Å²) in [5.74, 6) is -2.58. The minimum atomic E-state index is -1.61. The maximum Gasteiger partial charge on any atom is 0.407 e. The molecule has 0 radical (unpaired) electrons. The highest BCUT2D eigenvalue weighted by molar-refractivity contribution is 6.32. The van der Waals surface area contributed by atoms with Crippen molar-refractivity contribution >= 4 is 17.8 Å². The highest BCUT2D eigenvalue weighted by atomic mass is 16.5. The molecule has 7 nitrogen and oxygen atoms in total. The van der Waals surface area contributed by atoms with E-state index >= 15 is 0 Å². The number of hydrogen-bond donors (Lipinski definition) is 3. The molecule has 132 valence electrons. The number of benzene rings is 1. The summed E-state index contributed by atoms with van der Waals surface area (Å²) in [6.07, 6.45) is -2.20. The van der Waals surface area contributed by atoms with Gasteiger partial charge in [0.25, 0.3) is 0 Å². The maximum absolute atomic E-state index is 11.9. The average molecular weight is 337 g/mol. The Morgan fingerprint density at radius 2 is 1.79 bits per heavy atom. The molecule has 7 heteroatoms. The number of rotatable bonds is 9. The molecule has 0 aromatic heterocycles. The van der Waals surface area contributed by atoms with Gasteiger partial charge in [-0.1, -0.05) is 44.2 Å². The lowest BCUT2D eigenvalue weighted by atomic mass is 9.96. The van der Waals surface area contributed by atoms with Crippen LogP contribution < -0.4 is 5.32 Å². The van der Waals surface area contributed by atoms with Gasteiger partial charge in [-0.25, -0.2) is 9.59 Å². The lowest BCUT2D eigenvalue weighted by Crippen LogP contribution is -2.45. The first-order chi connectivity index (χ1) is 11.3. The minimum absolute atomic E-state index is 0.0746. The Morgan fingerprint density at radius 3 is 2.33 bits per heavy atom. The van der Waals surface area contributed by atoms with Crippen molar-refractivity contribution in [1.29, 1.82) is 0 Å². The number of aliphatic hydroxyl groups excluding tert-OH is 1. The molecule has 1 aromatic rings. The number of aliphatic hydroxyl groups is 1. The molecule has 0 saturated carbocycles. The zero-order valence-corrected chi connectivity index (χ0v) is 13.8. The summed E-state index contributed by atoms with van der Waals surface area (Å²) >= 11 is 0. The Balaban J connectivity index is 2.59. The van der Waals surface area contributed by atoms with E-state index in [2.05, 4.69) is 5.32 Å². The van der Waals surface area contributed by atoms with Gasteiger partial charge < -0.3 is 20.3 Å². The Hall–Kier alpha value is -2.41. The third-order valence-corrected chi connectivity index (χ3v) is 3.34. The van der Waals surface area contributed by atoms with E-state index in [1.54, 1.807) is 12.1 Å². The largest absolute Gasteiger partial charge is 0.475 e. The lowest BCUT2D eigenvalue weighted by molar-refractivity contribution is -0.150. The zero-order chi connectivity index (χ0) is 18.1. The topological polar surface area (TPSA) is 113 Å². The van der Waals surface area contributed by atoms with E-state index in [1.807, 2.05) is 32.0 Å². The molecule has 0 aliphatic carbocycles. The van der Waals surface area contributed by atoms with Gasteiger partial charge in [0.1, 0.15) is 6.61 Å². The van der Waals surface area contributed by atoms with Crippen LogP contribution in [0.1, 0.15) is 32.3 Å². The number of Topliss-reactive ketones (excluding diaryl/α,β-unsaturated/α-hetero) is 1. The number of nitrogens with one attached hydrogen (secondary N) is 1. The van der Waals surface area contributed by atoms with Crippen LogP contribution in [0.2, 0.25) is 0 Å². The van der Waals surface area contributed by atoms with Crippen molar-refractivity contribution in [3.8, 4) is 0 Å². The van der Waals surface area contributed by atoms with Gasteiger partial charge in [0.05, 0.1) is 12.1 Å². The van der Waals surface area contributed by atoms with E-state index in [9.17, 15) is 19.5 Å². The van der Waals surface area contributed by atoms with Crippen LogP contribution in [-0.4, -0.2) is 40.2 Å². The summed E-state index contributed by atoms with van der Waals surface area (Å²) in [5.41, 5.74) is 0.815. The maximum atomic E-state index is 11.9. The second kappa shape index (κ2) is 9.67. The molecule has 1 amide bonds. The summed E-state index contributed by atoms with van der Waals surface area (Å²) in [6.45, 7) is 3.84. The van der Waals surface area contributed by atoms with Crippen LogP contribution in [0.5, 0.6) is 0 Å². The number of aliphatic carboxylic acids is 1. The van der Waals surface area contributed by atoms with E-state index in [4.69, 9.17) is 9.84 Å². The normalized spacial score (nSPS) is 13.2. The second-order valence-corrected chi connectivity index (χ2v) is 5.94. The predicted molar refractivity (Wildman–Crippen MR) is 86.3 cm³/mol. The van der Waals surface area contributed by atoms with Crippen molar-refractivity contribution in [1.82, 2.24) is 5.32 Å². The van der Waals surface area contributed by atoms with Crippen LogP contribution in [-0.2, 0) is 20.9 Å². The molecule has 0 fully saturated rings. The predicted octanol–water partition coefficient (Wildman–Crippen LogP) is 1.73. The number of carbonyl (C=O) groups excluding carboxylic acids is 2. The standard InChI is InChI=1S/C17H23NO6/c1-11(2)8-13(14(19)9-15(20)16(21)22)18-17(23)24-10-12-6-4-3-5-7-12/h3-7,11,13-14,19H,8-10H2,1-2H3,(H,18,23)(H,21,22). The number of carboxylic acid groups (broad SMARTS) is 1. The quantitative estimate of drug-likeness (QED) is 0.592. The van der Waals surface area contributed by atoms with Crippen molar-refractivity contribution in [2.45, 2.75) is 45.4 Å². The smallest absolute Gasteiger partial charge is 0.407 e. The molecular formula is C17H23NO6. The lowest BCUT2D eigenvalue weighted by Gasteiger charge is -2.24. The average Bonchev–Trinajstić information content (AvgIpc) is 2.52. The van der Waals surface area contributed by atoms with Crippen LogP contribution in [0, 0.1) is 5.92 Å². The summed E-state index contributed by atoms with van der Waals surface area (Å²) in [5, 5.41) is 21.2. The van der Waals surface area contributed by atoms with Crippen molar-refractivity contribution in [2.75, 3.05) is 0 Å². The molecule has 1 rings (SSSR count). The first-order valence-electron chi connectivity index (χ1n) is 7.71. The highest BCUT2D eigenvalue weighted by Gasteiger charge is 2.27. The molecule has 0 aliphatic rings. The Labute approximate surface area is 140 Å². The third kappa shape index (κ3) is 7.23. The van der Waals surface area contributed by atoms with Crippen molar-refractivity contribution in [2.24, 2.45) is 5.92 Å². The fraction of sp³-hybridized carbons (Fsp3) is 0.471. The third-order valence-electron chi connectivity index (χ3n) is 3.34. The molecule has 2 atom stereocenters. The SMILES string of the molecule is CC(C)CC(NC(=O)OCc1ccccc1)C(O)CC(=O)C(=O)O. The summed E-state index contributed by atoms with van der Waals surface area (Å²) in [6, 6.07) is 8.33. The van der Waals surface area contributed by atoms with Gasteiger partial charge in [-0.15, -0.1) is 0 Å². The Morgan fingerprint density at radius 1 is 1.17 bits per heavy atom. The molecule has 0 saturated heterocycles. The summed E-state index contributed by atoms with van der Waals surface area (Å²) in [7, 11) is 0. The first kappa shape index (κ1) is 19.6. The summed E-state index contributed by atoms with van der Waals surface area (Å²) in [4.78, 5) is 33.7. The minimum Gasteiger partial charge on any atom is -0.475 e. The van der Waals surface area contributed by atoms with Gasteiger partial charge in [0, 0.05) is 6.42 Å². The number of alkyl carbamates (subject to hydrolysis) is 1. The number of carbonyl (C=O) groups is 3. The van der Waals surface area contributed by atoms with E-state index in [1.165, 1.54) is 0 Å². The molecular weight excluding hydrogens is 314 g/mol. The molecule has 3 N–H and O–H groups in total. The van der Waals surface area contributed by atoms with E-state index in [0.29, 0.717) is 6.42 Å². The molecule has 0 heterocycles. The molecule has 0 bridgehead atoms. The first-order valence-corrected chi connectivity index (χ1v) is 7.71. The van der Waals surface area contributed by atoms with Gasteiger partial charge in [0.2, 0.25) is 5.78 Å². The number of amides is 1. The van der Waals surface area contributed by atoms with Crippen LogP contribution in [0.4, 0.5) is 4.79 Å².